The Morgan fingerprint density at radius 2 is 2.00 bits per heavy atom. The zero-order valence-corrected chi connectivity index (χ0v) is 13.4. The van der Waals surface area contributed by atoms with E-state index < -0.39 is 0 Å². The van der Waals surface area contributed by atoms with E-state index in [0.717, 1.165) is 10.9 Å². The van der Waals surface area contributed by atoms with Gasteiger partial charge in [-0.3, -0.25) is 4.79 Å². The Kier molecular flexibility index (Phi) is 4.47. The summed E-state index contributed by atoms with van der Waals surface area (Å²) in [5.74, 6) is 1.03. The zero-order chi connectivity index (χ0) is 16.9. The van der Waals surface area contributed by atoms with Crippen LogP contribution in [0.25, 0.3) is 10.9 Å². The van der Waals surface area contributed by atoms with E-state index in [1.807, 2.05) is 24.3 Å². The number of ether oxygens (including phenoxy) is 2. The van der Waals surface area contributed by atoms with Gasteiger partial charge in [-0.25, -0.2) is 5.43 Å². The highest BCUT2D eigenvalue weighted by molar-refractivity contribution is 6.06. The van der Waals surface area contributed by atoms with Crippen LogP contribution < -0.4 is 14.9 Å². The number of nitrogens with zero attached hydrogens (tertiary/aromatic N) is 1. The predicted molar refractivity (Wildman–Crippen MR) is 92.9 cm³/mol. The smallest absolute Gasteiger partial charge is 0.273 e. The first kappa shape index (κ1) is 15.6. The highest BCUT2D eigenvalue weighted by Gasteiger charge is 2.10. The number of aromatic amines is 1. The molecule has 1 aromatic heterocycles. The van der Waals surface area contributed by atoms with Crippen molar-refractivity contribution in [3.63, 3.8) is 0 Å². The highest BCUT2D eigenvalue weighted by Crippen LogP contribution is 2.22. The summed E-state index contributed by atoms with van der Waals surface area (Å²) in [7, 11) is 3.16. The lowest BCUT2D eigenvalue weighted by atomic mass is 10.2. The van der Waals surface area contributed by atoms with E-state index in [-0.39, 0.29) is 5.91 Å². The maximum Gasteiger partial charge on any atom is 0.273 e. The Balaban J connectivity index is 1.78. The molecule has 0 saturated carbocycles. The predicted octanol–water partition coefficient (Wildman–Crippen LogP) is 2.95. The first-order valence-electron chi connectivity index (χ1n) is 7.34. The van der Waals surface area contributed by atoms with E-state index in [4.69, 9.17) is 9.47 Å². The molecule has 6 heteroatoms. The SMILES string of the molecule is COc1ccc(OC)c(/C=N/NC(=O)c2c[nH]c3ccccc23)c1. The molecular weight excluding hydrogens is 306 g/mol. The standard InChI is InChI=1S/C18H17N3O3/c1-23-13-7-8-17(24-2)12(9-13)10-20-21-18(22)15-11-19-16-6-4-3-5-14(15)16/h3-11,19H,1-2H3,(H,21,22)/b20-10+. The van der Waals surface area contributed by atoms with Crippen LogP contribution in [0.5, 0.6) is 11.5 Å². The van der Waals surface area contributed by atoms with Gasteiger partial charge in [0.1, 0.15) is 11.5 Å². The Morgan fingerprint density at radius 3 is 2.79 bits per heavy atom. The molecule has 122 valence electrons. The van der Waals surface area contributed by atoms with E-state index >= 15 is 0 Å². The van der Waals surface area contributed by atoms with Crippen LogP contribution in [-0.4, -0.2) is 31.3 Å². The summed E-state index contributed by atoms with van der Waals surface area (Å²) in [6.07, 6.45) is 3.19. The fourth-order valence-electron chi connectivity index (χ4n) is 2.42. The van der Waals surface area contributed by atoms with E-state index in [1.54, 1.807) is 38.6 Å². The third kappa shape index (κ3) is 3.08. The van der Waals surface area contributed by atoms with Crippen molar-refractivity contribution in [1.29, 1.82) is 0 Å². The second-order valence-corrected chi connectivity index (χ2v) is 5.05. The Morgan fingerprint density at radius 1 is 1.17 bits per heavy atom. The minimum Gasteiger partial charge on any atom is -0.497 e. The molecule has 0 spiro atoms. The molecule has 1 amide bonds. The minimum absolute atomic E-state index is 0.287. The monoisotopic (exact) mass is 323 g/mol. The lowest BCUT2D eigenvalue weighted by Crippen LogP contribution is -2.17. The summed E-state index contributed by atoms with van der Waals surface area (Å²) in [6.45, 7) is 0. The van der Waals surface area contributed by atoms with Crippen LogP contribution in [0.2, 0.25) is 0 Å². The molecule has 0 aliphatic carbocycles. The number of hydrogen-bond donors (Lipinski definition) is 2. The van der Waals surface area contributed by atoms with Crippen molar-refractivity contribution in [3.8, 4) is 11.5 Å². The zero-order valence-electron chi connectivity index (χ0n) is 13.4. The van der Waals surface area contributed by atoms with Crippen LogP contribution in [0.15, 0.2) is 53.8 Å². The summed E-state index contributed by atoms with van der Waals surface area (Å²) < 4.78 is 10.4. The minimum atomic E-state index is -0.287. The molecule has 0 bridgehead atoms. The number of benzene rings is 2. The van der Waals surface area contributed by atoms with Crippen LogP contribution in [0.3, 0.4) is 0 Å². The number of hydrazone groups is 1. The fourth-order valence-corrected chi connectivity index (χ4v) is 2.42. The van der Waals surface area contributed by atoms with Crippen molar-refractivity contribution in [3.05, 3.63) is 59.8 Å². The van der Waals surface area contributed by atoms with Crippen LogP contribution in [-0.2, 0) is 0 Å². The molecule has 0 fully saturated rings. The van der Waals surface area contributed by atoms with Crippen LogP contribution >= 0.6 is 0 Å². The third-order valence-electron chi connectivity index (χ3n) is 3.64. The van der Waals surface area contributed by atoms with Crippen LogP contribution in [0.4, 0.5) is 0 Å². The van der Waals surface area contributed by atoms with Gasteiger partial charge < -0.3 is 14.5 Å². The van der Waals surface area contributed by atoms with Crippen molar-refractivity contribution in [2.45, 2.75) is 0 Å². The third-order valence-corrected chi connectivity index (χ3v) is 3.64. The lowest BCUT2D eigenvalue weighted by Gasteiger charge is -2.06. The quantitative estimate of drug-likeness (QED) is 0.560. The van der Waals surface area contributed by atoms with Gasteiger partial charge in [0.2, 0.25) is 0 Å². The van der Waals surface area contributed by atoms with Crippen molar-refractivity contribution in [2.24, 2.45) is 5.10 Å². The van der Waals surface area contributed by atoms with Gasteiger partial charge >= 0.3 is 0 Å². The summed E-state index contributed by atoms with van der Waals surface area (Å²) in [5.41, 5.74) is 4.68. The van der Waals surface area contributed by atoms with Gasteiger partial charge in [-0.15, -0.1) is 0 Å². The number of amides is 1. The molecule has 24 heavy (non-hydrogen) atoms. The van der Waals surface area contributed by atoms with Crippen molar-refractivity contribution in [2.75, 3.05) is 14.2 Å². The van der Waals surface area contributed by atoms with Crippen molar-refractivity contribution < 1.29 is 14.3 Å². The Labute approximate surface area is 139 Å². The maximum atomic E-state index is 12.3. The molecule has 2 aromatic carbocycles. The second kappa shape index (κ2) is 6.87. The van der Waals surface area contributed by atoms with Crippen LogP contribution in [0, 0.1) is 0 Å². The number of methoxy groups -OCH3 is 2. The number of rotatable bonds is 5. The topological polar surface area (TPSA) is 75.7 Å². The number of nitrogens with one attached hydrogen (secondary N) is 2. The number of carbonyl (C=O) groups is 1. The molecule has 0 saturated heterocycles. The normalized spacial score (nSPS) is 10.9. The first-order valence-corrected chi connectivity index (χ1v) is 7.34. The molecule has 0 atom stereocenters. The van der Waals surface area contributed by atoms with Gasteiger partial charge in [-0.2, -0.15) is 5.10 Å². The number of fused-ring (bicyclic) bond motifs is 1. The maximum absolute atomic E-state index is 12.3. The van der Waals surface area contributed by atoms with E-state index in [2.05, 4.69) is 15.5 Å². The molecule has 0 aliphatic heterocycles. The summed E-state index contributed by atoms with van der Waals surface area (Å²) in [5, 5.41) is 4.87. The second-order valence-electron chi connectivity index (χ2n) is 5.05. The number of para-hydroxylation sites is 1. The Hall–Kier alpha value is -3.28. The molecule has 0 aliphatic rings. The first-order chi connectivity index (χ1) is 11.7. The highest BCUT2D eigenvalue weighted by atomic mass is 16.5. The van der Waals surface area contributed by atoms with Crippen LogP contribution in [0.1, 0.15) is 15.9 Å². The average molecular weight is 323 g/mol. The van der Waals surface area contributed by atoms with E-state index in [1.165, 1.54) is 6.21 Å². The molecule has 2 N–H and O–H groups in total. The number of hydrogen-bond acceptors (Lipinski definition) is 4. The Bertz CT molecular complexity index is 899. The average Bonchev–Trinajstić information content (AvgIpc) is 3.05. The lowest BCUT2D eigenvalue weighted by molar-refractivity contribution is 0.0957. The number of aromatic nitrogens is 1. The van der Waals surface area contributed by atoms with Gasteiger partial charge in [0.15, 0.2) is 0 Å². The molecule has 1 heterocycles. The summed E-state index contributed by atoms with van der Waals surface area (Å²) in [6, 6.07) is 12.9. The van der Waals surface area contributed by atoms with Crippen molar-refractivity contribution in [1.82, 2.24) is 10.4 Å². The molecular formula is C18H17N3O3. The van der Waals surface area contributed by atoms with Gasteiger partial charge in [0, 0.05) is 22.7 Å². The molecule has 3 rings (SSSR count). The van der Waals surface area contributed by atoms with E-state index in [9.17, 15) is 4.79 Å². The van der Waals surface area contributed by atoms with Gasteiger partial charge in [0.25, 0.3) is 5.91 Å². The van der Waals surface area contributed by atoms with Crippen molar-refractivity contribution >= 4 is 23.0 Å². The van der Waals surface area contributed by atoms with Gasteiger partial charge in [-0.05, 0) is 24.3 Å². The van der Waals surface area contributed by atoms with Gasteiger partial charge in [0.05, 0.1) is 26.0 Å². The number of H-pyrrole nitrogens is 1. The number of carbonyl (C=O) groups excluding carboxylic acids is 1. The molecule has 0 radical (unpaired) electrons. The fraction of sp³-hybridized carbons (Fsp3) is 0.111. The molecule has 6 nitrogen and oxygen atoms in total. The molecule has 0 unspecified atom stereocenters. The summed E-state index contributed by atoms with van der Waals surface area (Å²) in [4.78, 5) is 15.3. The van der Waals surface area contributed by atoms with Gasteiger partial charge in [-0.1, -0.05) is 18.2 Å². The molecule has 3 aromatic rings. The van der Waals surface area contributed by atoms with E-state index in [0.29, 0.717) is 22.6 Å². The largest absolute Gasteiger partial charge is 0.497 e. The summed E-state index contributed by atoms with van der Waals surface area (Å²) >= 11 is 0.